The van der Waals surface area contributed by atoms with Crippen LogP contribution in [0.25, 0.3) is 10.9 Å². The van der Waals surface area contributed by atoms with Gasteiger partial charge in [0.25, 0.3) is 0 Å². The van der Waals surface area contributed by atoms with Gasteiger partial charge in [0, 0.05) is 48.7 Å². The summed E-state index contributed by atoms with van der Waals surface area (Å²) in [7, 11) is 4.74. The van der Waals surface area contributed by atoms with E-state index in [0.29, 0.717) is 24.0 Å². The first-order valence-electron chi connectivity index (χ1n) is 11.7. The van der Waals surface area contributed by atoms with E-state index in [1.54, 1.807) is 14.2 Å². The minimum Gasteiger partial charge on any atom is -0.493 e. The molecule has 3 fully saturated rings. The number of nitrogens with one attached hydrogen (secondary N) is 1. The number of carbonyl (C=O) groups is 2. The molecule has 5 atom stereocenters. The molecule has 2 aromatic rings. The fraction of sp³-hybridized carbons (Fsp3) is 0.600. The van der Waals surface area contributed by atoms with Crippen molar-refractivity contribution in [2.45, 2.75) is 44.1 Å². The lowest BCUT2D eigenvalue weighted by molar-refractivity contribution is -0.163. The van der Waals surface area contributed by atoms with Gasteiger partial charge in [-0.25, -0.2) is 0 Å². The molecular weight excluding hydrogens is 424 g/mol. The van der Waals surface area contributed by atoms with Crippen molar-refractivity contribution in [3.8, 4) is 11.5 Å². The Balaban J connectivity index is 1.66. The molecule has 8 heteroatoms. The lowest BCUT2D eigenvalue weighted by Crippen LogP contribution is -2.67. The fourth-order valence-electron chi connectivity index (χ4n) is 6.88. The average molecular weight is 457 g/mol. The number of methoxy groups -OCH3 is 3. The van der Waals surface area contributed by atoms with Crippen LogP contribution in [0.15, 0.2) is 12.1 Å². The first kappa shape index (κ1) is 22.1. The molecule has 8 nitrogen and oxygen atoms in total. The van der Waals surface area contributed by atoms with Crippen molar-refractivity contribution in [3.05, 3.63) is 23.4 Å². The highest BCUT2D eigenvalue weighted by Crippen LogP contribution is 2.55. The summed E-state index contributed by atoms with van der Waals surface area (Å²) in [4.78, 5) is 31.1. The van der Waals surface area contributed by atoms with Crippen LogP contribution in [0.1, 0.15) is 37.4 Å². The third-order valence-corrected chi connectivity index (χ3v) is 7.93. The third-order valence-electron chi connectivity index (χ3n) is 7.93. The molecule has 0 amide bonds. The zero-order valence-corrected chi connectivity index (χ0v) is 19.7. The lowest BCUT2D eigenvalue weighted by Gasteiger charge is -2.57. The largest absolute Gasteiger partial charge is 0.493 e. The minimum absolute atomic E-state index is 0.00334. The van der Waals surface area contributed by atoms with Gasteiger partial charge in [-0.2, -0.15) is 0 Å². The number of ether oxygens (including phenoxy) is 4. The molecule has 3 aliphatic heterocycles. The van der Waals surface area contributed by atoms with Gasteiger partial charge in [0.1, 0.15) is 5.41 Å². The smallest absolute Gasteiger partial charge is 0.319 e. The lowest BCUT2D eigenvalue weighted by atomic mass is 9.56. The Morgan fingerprint density at radius 2 is 1.94 bits per heavy atom. The number of hydrogen-bond donors (Lipinski definition) is 1. The third kappa shape index (κ3) is 3.29. The second-order valence-electron chi connectivity index (χ2n) is 9.58. The summed E-state index contributed by atoms with van der Waals surface area (Å²) in [6.07, 6.45) is 3.38. The van der Waals surface area contributed by atoms with Crippen molar-refractivity contribution < 1.29 is 28.5 Å². The van der Waals surface area contributed by atoms with Crippen molar-refractivity contribution in [3.63, 3.8) is 0 Å². The maximum Gasteiger partial charge on any atom is 0.319 e. The Hall–Kier alpha value is -2.74. The van der Waals surface area contributed by atoms with Gasteiger partial charge in [-0.15, -0.1) is 0 Å². The Kier molecular flexibility index (Phi) is 5.51. The summed E-state index contributed by atoms with van der Waals surface area (Å²) in [6.45, 7) is 3.68. The number of aromatic nitrogens is 1. The summed E-state index contributed by atoms with van der Waals surface area (Å²) in [5.41, 5.74) is 2.29. The molecule has 1 aromatic carbocycles. The molecule has 1 aromatic heterocycles. The number of nitrogens with zero attached hydrogens (tertiary/aromatic N) is 1. The predicted molar refractivity (Wildman–Crippen MR) is 122 cm³/mol. The molecule has 33 heavy (non-hydrogen) atoms. The quantitative estimate of drug-likeness (QED) is 0.669. The van der Waals surface area contributed by atoms with Crippen molar-refractivity contribution in [2.75, 3.05) is 41.0 Å². The van der Waals surface area contributed by atoms with E-state index in [-0.39, 0.29) is 23.9 Å². The Morgan fingerprint density at radius 1 is 1.18 bits per heavy atom. The monoisotopic (exact) mass is 456 g/mol. The van der Waals surface area contributed by atoms with E-state index >= 15 is 0 Å². The zero-order valence-electron chi connectivity index (χ0n) is 19.7. The summed E-state index contributed by atoms with van der Waals surface area (Å²) < 4.78 is 21.9. The summed E-state index contributed by atoms with van der Waals surface area (Å²) in [5.74, 6) is 1.51. The normalized spacial score (nSPS) is 29.8. The highest BCUT2D eigenvalue weighted by molar-refractivity contribution is 5.93. The van der Waals surface area contributed by atoms with Crippen molar-refractivity contribution in [2.24, 2.45) is 11.8 Å². The summed E-state index contributed by atoms with van der Waals surface area (Å²) in [6, 6.07) is 3.96. The highest BCUT2D eigenvalue weighted by Gasteiger charge is 2.63. The van der Waals surface area contributed by atoms with E-state index in [9.17, 15) is 9.59 Å². The average Bonchev–Trinajstić information content (AvgIpc) is 3.13. The molecule has 0 spiro atoms. The first-order valence-corrected chi connectivity index (χ1v) is 11.7. The van der Waals surface area contributed by atoms with Crippen LogP contribution in [-0.4, -0.2) is 68.9 Å². The van der Waals surface area contributed by atoms with Gasteiger partial charge in [0.15, 0.2) is 11.5 Å². The van der Waals surface area contributed by atoms with Gasteiger partial charge in [0.2, 0.25) is 0 Å². The van der Waals surface area contributed by atoms with Gasteiger partial charge in [-0.1, -0.05) is 0 Å². The van der Waals surface area contributed by atoms with Crippen molar-refractivity contribution in [1.82, 2.24) is 9.88 Å². The van der Waals surface area contributed by atoms with E-state index in [2.05, 4.69) is 9.88 Å². The number of fused-ring (bicyclic) bond motifs is 4. The number of benzene rings is 1. The fourth-order valence-corrected chi connectivity index (χ4v) is 6.88. The molecule has 4 heterocycles. The maximum atomic E-state index is 13.7. The van der Waals surface area contributed by atoms with Gasteiger partial charge in [-0.05, 0) is 49.1 Å². The molecule has 4 aliphatic rings. The van der Waals surface area contributed by atoms with Crippen LogP contribution < -0.4 is 9.47 Å². The van der Waals surface area contributed by atoms with Crippen LogP contribution >= 0.6 is 0 Å². The predicted octanol–water partition coefficient (Wildman–Crippen LogP) is 2.82. The van der Waals surface area contributed by atoms with E-state index < -0.39 is 5.41 Å². The number of H-pyrrole nitrogens is 1. The number of rotatable bonds is 6. The Bertz CT molecular complexity index is 1090. The molecule has 1 saturated carbocycles. The summed E-state index contributed by atoms with van der Waals surface area (Å²) >= 11 is 0. The van der Waals surface area contributed by atoms with Gasteiger partial charge < -0.3 is 23.9 Å². The highest BCUT2D eigenvalue weighted by atomic mass is 16.5. The standard InChI is InChI=1S/C25H32N2O6/c1-14(28)33-8-6-16-9-15-12-25(24(29)32-4)22-17(5-7-27(13-15)23(16)25)18-10-20(30-2)21(31-3)11-19(18)26-22/h10-11,15-16,23,26H,5-9,12-13H2,1-4H3/t15-,16?,23?,25?/m1/s1. The molecule has 2 saturated heterocycles. The second kappa shape index (κ2) is 8.24. The van der Waals surface area contributed by atoms with E-state index in [4.69, 9.17) is 18.9 Å². The molecule has 4 unspecified atom stereocenters. The minimum atomic E-state index is -0.776. The number of aromatic amines is 1. The maximum absolute atomic E-state index is 13.7. The summed E-state index contributed by atoms with van der Waals surface area (Å²) in [5, 5.41) is 1.06. The van der Waals surface area contributed by atoms with E-state index in [1.807, 2.05) is 12.1 Å². The van der Waals surface area contributed by atoms with Crippen LogP contribution in [0.2, 0.25) is 0 Å². The van der Waals surface area contributed by atoms with E-state index in [1.165, 1.54) is 14.0 Å². The number of hydrogen-bond acceptors (Lipinski definition) is 7. The van der Waals surface area contributed by atoms with Crippen LogP contribution in [-0.2, 0) is 30.9 Å². The van der Waals surface area contributed by atoms with Crippen LogP contribution in [0.4, 0.5) is 0 Å². The molecule has 1 aliphatic carbocycles. The zero-order chi connectivity index (χ0) is 23.3. The molecule has 6 rings (SSSR count). The van der Waals surface area contributed by atoms with Gasteiger partial charge in [-0.3, -0.25) is 14.5 Å². The number of carbonyl (C=O) groups excluding carboxylic acids is 2. The van der Waals surface area contributed by atoms with Crippen molar-refractivity contribution in [1.29, 1.82) is 0 Å². The van der Waals surface area contributed by atoms with Gasteiger partial charge >= 0.3 is 11.9 Å². The topological polar surface area (TPSA) is 90.1 Å². The SMILES string of the molecule is COC(=O)C12C[C@H]3CC(CCOC(C)=O)C1N(CCc1c2[nH]c2cc(OC)c(OC)cc12)C3. The van der Waals surface area contributed by atoms with Crippen LogP contribution in [0, 0.1) is 11.8 Å². The second-order valence-corrected chi connectivity index (χ2v) is 9.58. The van der Waals surface area contributed by atoms with E-state index in [0.717, 1.165) is 60.9 Å². The molecule has 1 N–H and O–H groups in total. The van der Waals surface area contributed by atoms with Crippen LogP contribution in [0.3, 0.4) is 0 Å². The first-order chi connectivity index (χ1) is 15.9. The number of esters is 2. The van der Waals surface area contributed by atoms with Crippen molar-refractivity contribution >= 4 is 22.8 Å². The Morgan fingerprint density at radius 3 is 2.64 bits per heavy atom. The van der Waals surface area contributed by atoms with Crippen LogP contribution in [0.5, 0.6) is 11.5 Å². The molecule has 178 valence electrons. The number of piperidine rings is 2. The Labute approximate surface area is 193 Å². The molecule has 4 bridgehead atoms. The molecule has 0 radical (unpaired) electrons. The molecular formula is C25H32N2O6. The van der Waals surface area contributed by atoms with Gasteiger partial charge in [0.05, 0.1) is 27.9 Å².